The zero-order chi connectivity index (χ0) is 18.4. The molecule has 0 aromatic heterocycles. The summed E-state index contributed by atoms with van der Waals surface area (Å²) in [4.78, 5) is 12.1. The Bertz CT molecular complexity index is 621. The van der Waals surface area contributed by atoms with Crippen LogP contribution < -0.4 is 5.32 Å². The third kappa shape index (κ3) is 4.56. The molecule has 1 aromatic rings. The first-order valence-corrected chi connectivity index (χ1v) is 9.15. The van der Waals surface area contributed by atoms with E-state index >= 15 is 0 Å². The van der Waals surface area contributed by atoms with Crippen LogP contribution in [0.1, 0.15) is 51.7 Å². The fraction of sp³-hybridized carbons (Fsp3) is 0.571. The van der Waals surface area contributed by atoms with E-state index < -0.39 is 5.41 Å². The van der Waals surface area contributed by atoms with Gasteiger partial charge in [0.05, 0.1) is 12.5 Å². The monoisotopic (exact) mass is 345 g/mol. The highest BCUT2D eigenvalue weighted by molar-refractivity contribution is 5.67. The number of benzene rings is 1. The van der Waals surface area contributed by atoms with Crippen LogP contribution in [-0.4, -0.2) is 25.9 Å². The lowest BCUT2D eigenvalue weighted by Gasteiger charge is -2.39. The van der Waals surface area contributed by atoms with Gasteiger partial charge >= 0.3 is 6.09 Å². The van der Waals surface area contributed by atoms with Crippen molar-refractivity contribution in [2.24, 2.45) is 5.92 Å². The SMILES string of the molecule is COC1=CCc2ccccc2C1(CCC(C)C)COC(=O)NC(C)C. The Hall–Kier alpha value is -1.97. The predicted octanol–water partition coefficient (Wildman–Crippen LogP) is 4.58. The van der Waals surface area contributed by atoms with Gasteiger partial charge in [-0.05, 0) is 56.2 Å². The molecule has 1 aliphatic carbocycles. The molecule has 1 unspecified atom stereocenters. The molecule has 1 atom stereocenters. The molecule has 0 spiro atoms. The van der Waals surface area contributed by atoms with Gasteiger partial charge in [0.25, 0.3) is 0 Å². The van der Waals surface area contributed by atoms with Crippen molar-refractivity contribution in [2.75, 3.05) is 13.7 Å². The average molecular weight is 345 g/mol. The molecule has 0 radical (unpaired) electrons. The Morgan fingerprint density at radius 2 is 1.96 bits per heavy atom. The van der Waals surface area contributed by atoms with Crippen LogP contribution in [0.5, 0.6) is 0 Å². The molecule has 0 saturated carbocycles. The largest absolute Gasteiger partial charge is 0.500 e. The Labute approximate surface area is 151 Å². The van der Waals surface area contributed by atoms with Gasteiger partial charge in [-0.15, -0.1) is 0 Å². The predicted molar refractivity (Wildman–Crippen MR) is 101 cm³/mol. The van der Waals surface area contributed by atoms with Crippen LogP contribution in [0.3, 0.4) is 0 Å². The molecule has 2 rings (SSSR count). The van der Waals surface area contributed by atoms with Crippen LogP contribution in [0, 0.1) is 5.92 Å². The van der Waals surface area contributed by atoms with Gasteiger partial charge in [-0.25, -0.2) is 4.79 Å². The number of hydrogen-bond donors (Lipinski definition) is 1. The van der Waals surface area contributed by atoms with Gasteiger partial charge in [0.1, 0.15) is 12.4 Å². The van der Waals surface area contributed by atoms with Gasteiger partial charge in [-0.3, -0.25) is 0 Å². The third-order valence-electron chi connectivity index (χ3n) is 4.74. The van der Waals surface area contributed by atoms with E-state index in [4.69, 9.17) is 9.47 Å². The molecule has 1 aromatic carbocycles. The lowest BCUT2D eigenvalue weighted by molar-refractivity contribution is 0.0916. The average Bonchev–Trinajstić information content (AvgIpc) is 2.57. The van der Waals surface area contributed by atoms with Crippen molar-refractivity contribution in [3.63, 3.8) is 0 Å². The number of rotatable bonds is 7. The number of carbonyl (C=O) groups is 1. The third-order valence-corrected chi connectivity index (χ3v) is 4.74. The molecule has 1 amide bonds. The number of nitrogens with one attached hydrogen (secondary N) is 1. The number of allylic oxidation sites excluding steroid dienone is 1. The second kappa shape index (κ2) is 8.41. The topological polar surface area (TPSA) is 47.6 Å². The zero-order valence-electron chi connectivity index (χ0n) is 16.1. The highest BCUT2D eigenvalue weighted by Crippen LogP contribution is 2.43. The van der Waals surface area contributed by atoms with Crippen molar-refractivity contribution < 1.29 is 14.3 Å². The highest BCUT2D eigenvalue weighted by Gasteiger charge is 2.42. The summed E-state index contributed by atoms with van der Waals surface area (Å²) in [6.07, 6.45) is 4.52. The van der Waals surface area contributed by atoms with Gasteiger partial charge in [0, 0.05) is 6.04 Å². The second-order valence-corrected chi connectivity index (χ2v) is 7.52. The van der Waals surface area contributed by atoms with E-state index in [1.165, 1.54) is 11.1 Å². The quantitative estimate of drug-likeness (QED) is 0.787. The first kappa shape index (κ1) is 19.4. The molecule has 0 bridgehead atoms. The summed E-state index contributed by atoms with van der Waals surface area (Å²) in [5, 5.41) is 2.80. The fourth-order valence-corrected chi connectivity index (χ4v) is 3.45. The van der Waals surface area contributed by atoms with Crippen molar-refractivity contribution in [1.29, 1.82) is 0 Å². The van der Waals surface area contributed by atoms with Gasteiger partial charge in [0.15, 0.2) is 0 Å². The minimum Gasteiger partial charge on any atom is -0.500 e. The minimum absolute atomic E-state index is 0.0511. The Balaban J connectivity index is 2.35. The Morgan fingerprint density at radius 1 is 1.24 bits per heavy atom. The molecule has 138 valence electrons. The van der Waals surface area contributed by atoms with Gasteiger partial charge in [-0.2, -0.15) is 0 Å². The van der Waals surface area contributed by atoms with E-state index in [2.05, 4.69) is 49.5 Å². The number of ether oxygens (including phenoxy) is 2. The van der Waals surface area contributed by atoms with E-state index in [-0.39, 0.29) is 18.7 Å². The summed E-state index contributed by atoms with van der Waals surface area (Å²) in [6.45, 7) is 8.56. The lowest BCUT2D eigenvalue weighted by Crippen LogP contribution is -2.41. The molecule has 0 saturated heterocycles. The standard InChI is InChI=1S/C21H31NO3/c1-15(2)12-13-21(14-25-20(23)22-16(3)4)18-9-7-6-8-17(18)10-11-19(21)24-5/h6-9,11,15-16H,10,12-14H2,1-5H3,(H,22,23). The number of amides is 1. The first-order valence-electron chi connectivity index (χ1n) is 9.15. The minimum atomic E-state index is -0.415. The molecule has 1 aliphatic rings. The Morgan fingerprint density at radius 3 is 2.60 bits per heavy atom. The zero-order valence-corrected chi connectivity index (χ0v) is 16.1. The summed E-state index contributed by atoms with van der Waals surface area (Å²) in [5.41, 5.74) is 2.08. The molecule has 0 aliphatic heterocycles. The molecule has 25 heavy (non-hydrogen) atoms. The summed E-state index contributed by atoms with van der Waals surface area (Å²) in [5.74, 6) is 1.47. The van der Waals surface area contributed by atoms with E-state index in [0.717, 1.165) is 25.0 Å². The van der Waals surface area contributed by atoms with Gasteiger partial charge in [0.2, 0.25) is 0 Å². The molecule has 1 N–H and O–H groups in total. The maximum Gasteiger partial charge on any atom is 0.407 e. The van der Waals surface area contributed by atoms with Gasteiger partial charge < -0.3 is 14.8 Å². The summed E-state index contributed by atoms with van der Waals surface area (Å²) in [6, 6.07) is 8.46. The van der Waals surface area contributed by atoms with Gasteiger partial charge in [-0.1, -0.05) is 38.1 Å². The van der Waals surface area contributed by atoms with Crippen LogP contribution >= 0.6 is 0 Å². The number of alkyl carbamates (subject to hydrolysis) is 1. The first-order chi connectivity index (χ1) is 11.9. The fourth-order valence-electron chi connectivity index (χ4n) is 3.45. The van der Waals surface area contributed by atoms with Crippen molar-refractivity contribution in [2.45, 2.75) is 58.4 Å². The van der Waals surface area contributed by atoms with Crippen molar-refractivity contribution in [1.82, 2.24) is 5.32 Å². The van der Waals surface area contributed by atoms with Crippen molar-refractivity contribution in [3.8, 4) is 0 Å². The maximum absolute atomic E-state index is 12.1. The normalized spacial score (nSPS) is 19.4. The summed E-state index contributed by atoms with van der Waals surface area (Å²) in [7, 11) is 1.71. The summed E-state index contributed by atoms with van der Waals surface area (Å²) < 4.78 is 11.4. The van der Waals surface area contributed by atoms with Crippen LogP contribution in [-0.2, 0) is 21.3 Å². The van der Waals surface area contributed by atoms with Crippen LogP contribution in [0.25, 0.3) is 0 Å². The number of methoxy groups -OCH3 is 1. The Kier molecular flexibility index (Phi) is 6.51. The van der Waals surface area contributed by atoms with Crippen LogP contribution in [0.2, 0.25) is 0 Å². The van der Waals surface area contributed by atoms with E-state index in [1.807, 2.05) is 13.8 Å². The second-order valence-electron chi connectivity index (χ2n) is 7.52. The van der Waals surface area contributed by atoms with Crippen molar-refractivity contribution in [3.05, 3.63) is 47.2 Å². The molecular formula is C21H31NO3. The molecule has 0 heterocycles. The smallest absolute Gasteiger partial charge is 0.407 e. The summed E-state index contributed by atoms with van der Waals surface area (Å²) >= 11 is 0. The molecule has 4 nitrogen and oxygen atoms in total. The highest BCUT2D eigenvalue weighted by atomic mass is 16.6. The van der Waals surface area contributed by atoms with Crippen molar-refractivity contribution >= 4 is 6.09 Å². The molecule has 4 heteroatoms. The van der Waals surface area contributed by atoms with E-state index in [9.17, 15) is 4.79 Å². The molecule has 0 fully saturated rings. The van der Waals surface area contributed by atoms with Crippen LogP contribution in [0.4, 0.5) is 4.79 Å². The number of carbonyl (C=O) groups excluding carboxylic acids is 1. The lowest BCUT2D eigenvalue weighted by atomic mass is 9.69. The van der Waals surface area contributed by atoms with E-state index in [0.29, 0.717) is 5.92 Å². The van der Waals surface area contributed by atoms with E-state index in [1.54, 1.807) is 7.11 Å². The maximum atomic E-state index is 12.1. The number of hydrogen-bond acceptors (Lipinski definition) is 3. The number of fused-ring (bicyclic) bond motifs is 1. The van der Waals surface area contributed by atoms with Crippen LogP contribution in [0.15, 0.2) is 36.1 Å². The molecular weight excluding hydrogens is 314 g/mol.